The van der Waals surface area contributed by atoms with Crippen molar-refractivity contribution in [2.75, 3.05) is 0 Å². The molecule has 0 amide bonds. The van der Waals surface area contributed by atoms with E-state index in [1.807, 2.05) is 24.7 Å². The molecular weight excluding hydrogens is 186 g/mol. The van der Waals surface area contributed by atoms with Crippen LogP contribution >= 0.6 is 0 Å². The summed E-state index contributed by atoms with van der Waals surface area (Å²) in [7, 11) is 0. The summed E-state index contributed by atoms with van der Waals surface area (Å²) in [5.74, 6) is 0.380. The van der Waals surface area contributed by atoms with Crippen LogP contribution in [0.25, 0.3) is 5.57 Å². The van der Waals surface area contributed by atoms with E-state index in [0.717, 1.165) is 11.1 Å². The van der Waals surface area contributed by atoms with Crippen molar-refractivity contribution in [2.24, 2.45) is 10.9 Å². The second-order valence-corrected chi connectivity index (χ2v) is 3.69. The fourth-order valence-corrected chi connectivity index (χ4v) is 1.89. The third-order valence-corrected chi connectivity index (χ3v) is 2.69. The van der Waals surface area contributed by atoms with Gasteiger partial charge in [-0.1, -0.05) is 18.2 Å². The molecule has 1 aromatic heterocycles. The number of hydrogen-bond acceptors (Lipinski definition) is 3. The molecule has 0 aromatic carbocycles. The lowest BCUT2D eigenvalue weighted by molar-refractivity contribution is 0.573. The molecule has 0 spiro atoms. The molecule has 0 radical (unpaired) electrons. The number of aromatic nitrogens is 1. The molecular formula is C12H11N3. The van der Waals surface area contributed by atoms with Gasteiger partial charge < -0.3 is 5.32 Å². The highest BCUT2D eigenvalue weighted by atomic mass is 15.1. The quantitative estimate of drug-likeness (QED) is 0.742. The molecule has 0 aliphatic carbocycles. The van der Waals surface area contributed by atoms with E-state index in [2.05, 4.69) is 33.5 Å². The SMILES string of the molecule is C1=CC2C=C(c3cccnc3)C=NC2N1. The molecule has 0 fully saturated rings. The van der Waals surface area contributed by atoms with Crippen LogP contribution in [0.5, 0.6) is 0 Å². The van der Waals surface area contributed by atoms with E-state index in [1.54, 1.807) is 6.20 Å². The third kappa shape index (κ3) is 1.46. The lowest BCUT2D eigenvalue weighted by Gasteiger charge is -2.18. The average molecular weight is 197 g/mol. The van der Waals surface area contributed by atoms with Gasteiger partial charge in [-0.25, -0.2) is 0 Å². The first-order chi connectivity index (χ1) is 7.43. The monoisotopic (exact) mass is 197 g/mol. The second kappa shape index (κ2) is 3.35. The van der Waals surface area contributed by atoms with Gasteiger partial charge in [0.2, 0.25) is 0 Å². The number of aliphatic imine (C=N–C) groups is 1. The minimum Gasteiger partial charge on any atom is -0.369 e. The van der Waals surface area contributed by atoms with Crippen LogP contribution in [-0.2, 0) is 0 Å². The van der Waals surface area contributed by atoms with Crippen LogP contribution in [0.15, 0.2) is 47.9 Å². The van der Waals surface area contributed by atoms with Crippen molar-refractivity contribution in [3.8, 4) is 0 Å². The van der Waals surface area contributed by atoms with Crippen molar-refractivity contribution in [1.29, 1.82) is 0 Å². The Kier molecular flexibility index (Phi) is 1.88. The third-order valence-electron chi connectivity index (χ3n) is 2.69. The van der Waals surface area contributed by atoms with E-state index in [-0.39, 0.29) is 6.17 Å². The Bertz CT molecular complexity index is 445. The molecule has 74 valence electrons. The van der Waals surface area contributed by atoms with Crippen molar-refractivity contribution < 1.29 is 0 Å². The number of rotatable bonds is 1. The maximum atomic E-state index is 4.45. The summed E-state index contributed by atoms with van der Waals surface area (Å²) in [6, 6.07) is 4.00. The normalized spacial score (nSPS) is 27.1. The van der Waals surface area contributed by atoms with Gasteiger partial charge in [0.15, 0.2) is 0 Å². The van der Waals surface area contributed by atoms with Gasteiger partial charge in [0.1, 0.15) is 6.17 Å². The van der Waals surface area contributed by atoms with E-state index in [0.29, 0.717) is 5.92 Å². The zero-order valence-electron chi connectivity index (χ0n) is 8.17. The van der Waals surface area contributed by atoms with Crippen LogP contribution in [-0.4, -0.2) is 17.4 Å². The van der Waals surface area contributed by atoms with Gasteiger partial charge in [0.05, 0.1) is 0 Å². The zero-order valence-corrected chi connectivity index (χ0v) is 8.17. The van der Waals surface area contributed by atoms with E-state index < -0.39 is 0 Å². The Morgan fingerprint density at radius 2 is 2.33 bits per heavy atom. The molecule has 3 nitrogen and oxygen atoms in total. The van der Waals surface area contributed by atoms with Crippen molar-refractivity contribution in [1.82, 2.24) is 10.3 Å². The van der Waals surface area contributed by atoms with Gasteiger partial charge >= 0.3 is 0 Å². The zero-order chi connectivity index (χ0) is 10.1. The van der Waals surface area contributed by atoms with Crippen molar-refractivity contribution in [3.05, 3.63) is 48.4 Å². The van der Waals surface area contributed by atoms with Crippen LogP contribution in [0.3, 0.4) is 0 Å². The Balaban J connectivity index is 1.95. The highest BCUT2D eigenvalue weighted by molar-refractivity contribution is 6.10. The molecule has 0 bridgehead atoms. The molecule has 2 aliphatic heterocycles. The van der Waals surface area contributed by atoms with E-state index in [9.17, 15) is 0 Å². The molecule has 1 N–H and O–H groups in total. The Morgan fingerprint density at radius 1 is 1.33 bits per heavy atom. The minimum atomic E-state index is 0.199. The van der Waals surface area contributed by atoms with Gasteiger partial charge in [-0.05, 0) is 17.8 Å². The lowest BCUT2D eigenvalue weighted by Crippen LogP contribution is -2.25. The number of fused-ring (bicyclic) bond motifs is 1. The van der Waals surface area contributed by atoms with E-state index in [4.69, 9.17) is 0 Å². The number of nitrogens with one attached hydrogen (secondary N) is 1. The van der Waals surface area contributed by atoms with Crippen LogP contribution < -0.4 is 5.32 Å². The molecule has 2 unspecified atom stereocenters. The predicted octanol–water partition coefficient (Wildman–Crippen LogP) is 1.61. The smallest absolute Gasteiger partial charge is 0.128 e. The van der Waals surface area contributed by atoms with Gasteiger partial charge in [0, 0.05) is 30.1 Å². The topological polar surface area (TPSA) is 37.3 Å². The van der Waals surface area contributed by atoms with Crippen molar-refractivity contribution in [3.63, 3.8) is 0 Å². The molecule has 15 heavy (non-hydrogen) atoms. The maximum absolute atomic E-state index is 4.45. The molecule has 3 rings (SSSR count). The van der Waals surface area contributed by atoms with Crippen LogP contribution in [0.1, 0.15) is 5.56 Å². The minimum absolute atomic E-state index is 0.199. The fraction of sp³-hybridized carbons (Fsp3) is 0.167. The van der Waals surface area contributed by atoms with Gasteiger partial charge in [-0.2, -0.15) is 0 Å². The predicted molar refractivity (Wildman–Crippen MR) is 60.3 cm³/mol. The van der Waals surface area contributed by atoms with E-state index >= 15 is 0 Å². The number of dihydropyridines is 1. The van der Waals surface area contributed by atoms with Crippen LogP contribution in [0.4, 0.5) is 0 Å². The summed E-state index contributed by atoms with van der Waals surface area (Å²) in [6.07, 6.45) is 12.1. The molecule has 3 heterocycles. The molecule has 2 atom stereocenters. The van der Waals surface area contributed by atoms with Crippen LogP contribution in [0.2, 0.25) is 0 Å². The lowest BCUT2D eigenvalue weighted by atomic mass is 9.98. The molecule has 0 saturated heterocycles. The summed E-state index contributed by atoms with van der Waals surface area (Å²) >= 11 is 0. The van der Waals surface area contributed by atoms with Crippen molar-refractivity contribution in [2.45, 2.75) is 6.17 Å². The number of hydrogen-bond donors (Lipinski definition) is 1. The Morgan fingerprint density at radius 3 is 3.20 bits per heavy atom. The average Bonchev–Trinajstić information content (AvgIpc) is 2.77. The molecule has 2 aliphatic rings. The number of pyridine rings is 1. The highest BCUT2D eigenvalue weighted by Gasteiger charge is 2.22. The van der Waals surface area contributed by atoms with Crippen molar-refractivity contribution >= 4 is 11.8 Å². The second-order valence-electron chi connectivity index (χ2n) is 3.69. The summed E-state index contributed by atoms with van der Waals surface area (Å²) < 4.78 is 0. The Hall–Kier alpha value is -1.90. The van der Waals surface area contributed by atoms with E-state index in [1.165, 1.54) is 0 Å². The summed E-state index contributed by atoms with van der Waals surface area (Å²) in [4.78, 5) is 8.56. The Labute approximate surface area is 88.3 Å². The number of allylic oxidation sites excluding steroid dienone is 1. The fourth-order valence-electron chi connectivity index (χ4n) is 1.89. The number of nitrogens with zero attached hydrogens (tertiary/aromatic N) is 2. The summed E-state index contributed by atoms with van der Waals surface area (Å²) in [5.41, 5.74) is 2.28. The van der Waals surface area contributed by atoms with Crippen LogP contribution in [0, 0.1) is 5.92 Å². The molecule has 3 heteroatoms. The highest BCUT2D eigenvalue weighted by Crippen LogP contribution is 2.24. The first kappa shape index (κ1) is 8.41. The van der Waals surface area contributed by atoms with Gasteiger partial charge in [-0.15, -0.1) is 0 Å². The molecule has 0 saturated carbocycles. The largest absolute Gasteiger partial charge is 0.369 e. The van der Waals surface area contributed by atoms with Gasteiger partial charge in [0.25, 0.3) is 0 Å². The summed E-state index contributed by atoms with van der Waals surface area (Å²) in [5, 5.41) is 3.19. The first-order valence-electron chi connectivity index (χ1n) is 5.01. The standard InChI is InChI=1S/C12H11N3/c1-2-10(7-13-4-1)11-6-9-3-5-14-12(9)15-8-11/h1-9,12,14H. The summed E-state index contributed by atoms with van der Waals surface area (Å²) in [6.45, 7) is 0. The van der Waals surface area contributed by atoms with Gasteiger partial charge in [-0.3, -0.25) is 9.98 Å². The first-order valence-corrected chi connectivity index (χ1v) is 5.01. The maximum Gasteiger partial charge on any atom is 0.128 e. The molecule has 1 aromatic rings.